The molecule has 0 spiro atoms. The summed E-state index contributed by atoms with van der Waals surface area (Å²) < 4.78 is 7.80. The van der Waals surface area contributed by atoms with Crippen molar-refractivity contribution in [3.05, 3.63) is 139 Å². The number of carbonyl (C=O) groups is 1. The summed E-state index contributed by atoms with van der Waals surface area (Å²) in [5.74, 6) is -1.15. The number of aryl methyl sites for hydroxylation is 2. The van der Waals surface area contributed by atoms with Crippen molar-refractivity contribution in [2.75, 3.05) is 7.11 Å². The zero-order chi connectivity index (χ0) is 26.1. The predicted molar refractivity (Wildman–Crippen MR) is 141 cm³/mol. The van der Waals surface area contributed by atoms with E-state index in [0.717, 1.165) is 0 Å². The van der Waals surface area contributed by atoms with Gasteiger partial charge < -0.3 is 4.74 Å². The molecule has 2 heterocycles. The van der Waals surface area contributed by atoms with Crippen molar-refractivity contribution in [3.63, 3.8) is 0 Å². The molecule has 0 atom stereocenters. The first kappa shape index (κ1) is 23.9. The lowest BCUT2D eigenvalue weighted by atomic mass is 9.85. The van der Waals surface area contributed by atoms with Crippen LogP contribution in [0.25, 0.3) is 11.4 Å². The zero-order valence-electron chi connectivity index (χ0n) is 20.7. The SMILES string of the molecule is COC(=O)c1ccc(C(c2c(C)[nH]n(-c3ccccc3)c2=O)c2c(C)[nH]n(-c3ccccc3)c2=O)cc1. The van der Waals surface area contributed by atoms with Gasteiger partial charge in [-0.3, -0.25) is 19.8 Å². The second kappa shape index (κ2) is 9.66. The summed E-state index contributed by atoms with van der Waals surface area (Å²) in [6, 6.07) is 25.3. The number of nitrogens with one attached hydrogen (secondary N) is 2. The van der Waals surface area contributed by atoms with Crippen LogP contribution in [0.1, 0.15) is 44.4 Å². The molecule has 0 aliphatic carbocycles. The highest BCUT2D eigenvalue weighted by molar-refractivity contribution is 5.89. The fourth-order valence-electron chi connectivity index (χ4n) is 4.72. The van der Waals surface area contributed by atoms with Crippen LogP contribution in [0.4, 0.5) is 0 Å². The first-order valence-electron chi connectivity index (χ1n) is 11.8. The van der Waals surface area contributed by atoms with Gasteiger partial charge in [-0.2, -0.15) is 0 Å². The molecule has 0 amide bonds. The number of nitrogens with zero attached hydrogens (tertiary/aromatic N) is 2. The van der Waals surface area contributed by atoms with Crippen LogP contribution in [0, 0.1) is 13.8 Å². The van der Waals surface area contributed by atoms with Gasteiger partial charge in [-0.05, 0) is 55.8 Å². The molecule has 0 radical (unpaired) electrons. The largest absolute Gasteiger partial charge is 0.465 e. The monoisotopic (exact) mass is 494 g/mol. The van der Waals surface area contributed by atoms with Crippen LogP contribution in [-0.4, -0.2) is 32.6 Å². The summed E-state index contributed by atoms with van der Waals surface area (Å²) in [5.41, 5.74) is 4.14. The molecule has 2 aromatic heterocycles. The Bertz CT molecular complexity index is 1580. The van der Waals surface area contributed by atoms with Gasteiger partial charge in [-0.1, -0.05) is 48.5 Å². The number of methoxy groups -OCH3 is 1. The Hall–Kier alpha value is -4.85. The quantitative estimate of drug-likeness (QED) is 0.345. The van der Waals surface area contributed by atoms with Gasteiger partial charge in [0.05, 0.1) is 35.2 Å². The molecule has 0 saturated heterocycles. The third kappa shape index (κ3) is 4.23. The fraction of sp³-hybridized carbons (Fsp3) is 0.138. The minimum atomic E-state index is -0.686. The maximum absolute atomic E-state index is 13.8. The molecule has 8 heteroatoms. The van der Waals surface area contributed by atoms with Crippen LogP contribution in [0.15, 0.2) is 94.5 Å². The number of carbonyl (C=O) groups excluding carboxylic acids is 1. The Morgan fingerprint density at radius 2 is 1.14 bits per heavy atom. The molecule has 5 aromatic rings. The Balaban J connectivity index is 1.75. The highest BCUT2D eigenvalue weighted by atomic mass is 16.5. The van der Waals surface area contributed by atoms with E-state index in [0.29, 0.717) is 45.0 Å². The van der Waals surface area contributed by atoms with Crippen molar-refractivity contribution in [1.29, 1.82) is 0 Å². The van der Waals surface area contributed by atoms with Crippen molar-refractivity contribution in [1.82, 2.24) is 19.6 Å². The summed E-state index contributed by atoms with van der Waals surface area (Å²) in [5, 5.41) is 6.35. The number of benzene rings is 3. The number of rotatable bonds is 6. The second-order valence-corrected chi connectivity index (χ2v) is 8.80. The zero-order valence-corrected chi connectivity index (χ0v) is 20.7. The lowest BCUT2D eigenvalue weighted by Crippen LogP contribution is -2.25. The summed E-state index contributed by atoms with van der Waals surface area (Å²) in [6.45, 7) is 3.65. The average Bonchev–Trinajstić information content (AvgIpc) is 3.40. The van der Waals surface area contributed by atoms with Crippen LogP contribution < -0.4 is 11.1 Å². The molecule has 0 unspecified atom stereocenters. The molecule has 8 nitrogen and oxygen atoms in total. The number of H-pyrrole nitrogens is 2. The Morgan fingerprint density at radius 3 is 1.54 bits per heavy atom. The van der Waals surface area contributed by atoms with Gasteiger partial charge >= 0.3 is 5.97 Å². The normalized spacial score (nSPS) is 11.1. The Labute approximate surface area is 212 Å². The van der Waals surface area contributed by atoms with E-state index in [1.165, 1.54) is 16.5 Å². The lowest BCUT2D eigenvalue weighted by molar-refractivity contribution is 0.0600. The van der Waals surface area contributed by atoms with Crippen LogP contribution in [-0.2, 0) is 4.74 Å². The Morgan fingerprint density at radius 1 is 0.703 bits per heavy atom. The van der Waals surface area contributed by atoms with E-state index in [1.54, 1.807) is 24.3 Å². The highest BCUT2D eigenvalue weighted by Crippen LogP contribution is 2.32. The van der Waals surface area contributed by atoms with Gasteiger partial charge in [0.15, 0.2) is 0 Å². The van der Waals surface area contributed by atoms with Crippen molar-refractivity contribution in [2.24, 2.45) is 0 Å². The minimum Gasteiger partial charge on any atom is -0.465 e. The van der Waals surface area contributed by atoms with E-state index in [-0.39, 0.29) is 11.1 Å². The van der Waals surface area contributed by atoms with Gasteiger partial charge in [-0.25, -0.2) is 14.2 Å². The number of para-hydroxylation sites is 2. The van der Waals surface area contributed by atoms with Gasteiger partial charge in [0.25, 0.3) is 11.1 Å². The average molecular weight is 495 g/mol. The molecule has 0 saturated carbocycles. The van der Waals surface area contributed by atoms with Crippen LogP contribution >= 0.6 is 0 Å². The van der Waals surface area contributed by atoms with E-state index >= 15 is 0 Å². The van der Waals surface area contributed by atoms with Gasteiger partial charge in [0.2, 0.25) is 0 Å². The number of hydrogen-bond donors (Lipinski definition) is 2. The number of esters is 1. The molecule has 37 heavy (non-hydrogen) atoms. The molecule has 0 bridgehead atoms. The number of aromatic nitrogens is 4. The van der Waals surface area contributed by atoms with E-state index in [4.69, 9.17) is 4.74 Å². The molecule has 0 aliphatic heterocycles. The molecule has 186 valence electrons. The van der Waals surface area contributed by atoms with Gasteiger partial charge in [0.1, 0.15) is 0 Å². The third-order valence-corrected chi connectivity index (χ3v) is 6.51. The Kier molecular flexibility index (Phi) is 6.23. The summed E-state index contributed by atoms with van der Waals surface area (Å²) in [6.07, 6.45) is 0. The number of hydrogen-bond acceptors (Lipinski definition) is 4. The third-order valence-electron chi connectivity index (χ3n) is 6.51. The summed E-state index contributed by atoms with van der Waals surface area (Å²) in [7, 11) is 1.32. The molecular weight excluding hydrogens is 468 g/mol. The highest BCUT2D eigenvalue weighted by Gasteiger charge is 2.31. The molecule has 0 aliphatic rings. The molecule has 2 N–H and O–H groups in total. The van der Waals surface area contributed by atoms with E-state index in [2.05, 4.69) is 10.2 Å². The van der Waals surface area contributed by atoms with Crippen molar-refractivity contribution in [3.8, 4) is 11.4 Å². The predicted octanol–water partition coefficient (Wildman–Crippen LogP) is 4.23. The molecule has 0 fully saturated rings. The van der Waals surface area contributed by atoms with Crippen LogP contribution in [0.2, 0.25) is 0 Å². The van der Waals surface area contributed by atoms with Crippen molar-refractivity contribution < 1.29 is 9.53 Å². The smallest absolute Gasteiger partial charge is 0.337 e. The lowest BCUT2D eigenvalue weighted by Gasteiger charge is -2.16. The second-order valence-electron chi connectivity index (χ2n) is 8.80. The maximum atomic E-state index is 13.8. The van der Waals surface area contributed by atoms with E-state index < -0.39 is 11.9 Å². The fourth-order valence-corrected chi connectivity index (χ4v) is 4.72. The number of ether oxygens (including phenoxy) is 1. The van der Waals surface area contributed by atoms with Gasteiger partial charge in [-0.15, -0.1) is 0 Å². The summed E-state index contributed by atoms with van der Waals surface area (Å²) in [4.78, 5) is 39.7. The maximum Gasteiger partial charge on any atom is 0.337 e. The first-order valence-corrected chi connectivity index (χ1v) is 11.8. The van der Waals surface area contributed by atoms with Crippen molar-refractivity contribution in [2.45, 2.75) is 19.8 Å². The topological polar surface area (TPSA) is 102 Å². The van der Waals surface area contributed by atoms with Gasteiger partial charge in [0, 0.05) is 17.3 Å². The molecular formula is C29H26N4O4. The number of aromatic amines is 2. The molecule has 5 rings (SSSR count). The van der Waals surface area contributed by atoms with Crippen LogP contribution in [0.3, 0.4) is 0 Å². The first-order chi connectivity index (χ1) is 17.9. The summed E-state index contributed by atoms with van der Waals surface area (Å²) >= 11 is 0. The van der Waals surface area contributed by atoms with E-state index in [9.17, 15) is 14.4 Å². The van der Waals surface area contributed by atoms with Crippen molar-refractivity contribution >= 4 is 5.97 Å². The minimum absolute atomic E-state index is 0.253. The van der Waals surface area contributed by atoms with E-state index in [1.807, 2.05) is 74.5 Å². The van der Waals surface area contributed by atoms with Crippen LogP contribution in [0.5, 0.6) is 0 Å². The standard InChI is InChI=1S/C29H26N4O4/c1-18-24(27(34)32(30-18)22-10-6-4-7-11-22)26(20-14-16-21(17-15-20)29(36)37-3)25-19(2)31-33(28(25)35)23-12-8-5-9-13-23/h4-17,26,30-31H,1-3H3. The molecule has 3 aromatic carbocycles.